The summed E-state index contributed by atoms with van der Waals surface area (Å²) in [6.45, 7) is 0. The maximum Gasteiger partial charge on any atom is 0.146 e. The molecule has 1 atom stereocenters. The minimum atomic E-state index is -0.716. The lowest BCUT2D eigenvalue weighted by Gasteiger charge is -2.17. The van der Waals surface area contributed by atoms with Crippen molar-refractivity contribution in [2.45, 2.75) is 6.04 Å². The molecule has 0 aliphatic heterocycles. The van der Waals surface area contributed by atoms with Crippen molar-refractivity contribution in [3.63, 3.8) is 0 Å². The molecule has 2 rings (SSSR count). The van der Waals surface area contributed by atoms with Crippen LogP contribution in [0.3, 0.4) is 0 Å². The fourth-order valence-corrected chi connectivity index (χ4v) is 1.88. The summed E-state index contributed by atoms with van der Waals surface area (Å²) in [5, 5.41) is -0.0166. The van der Waals surface area contributed by atoms with E-state index >= 15 is 0 Å². The van der Waals surface area contributed by atoms with Crippen LogP contribution in [-0.2, 0) is 0 Å². The number of rotatable bonds is 3. The molecule has 1 heterocycles. The van der Waals surface area contributed by atoms with Crippen molar-refractivity contribution in [1.29, 1.82) is 0 Å². The molecule has 0 bridgehead atoms. The third kappa shape index (κ3) is 2.48. The van der Waals surface area contributed by atoms with Gasteiger partial charge in [0.1, 0.15) is 11.6 Å². The van der Waals surface area contributed by atoms with Gasteiger partial charge in [0.2, 0.25) is 0 Å². The smallest absolute Gasteiger partial charge is 0.146 e. The first kappa shape index (κ1) is 12.9. The molecule has 0 aliphatic carbocycles. The van der Waals surface area contributed by atoms with Crippen LogP contribution in [0.1, 0.15) is 17.2 Å². The minimum absolute atomic E-state index is 0.0166. The zero-order valence-electron chi connectivity index (χ0n) is 9.20. The Morgan fingerprint density at radius 2 is 2.06 bits per heavy atom. The standard InChI is InChI=1S/C12H10ClF2N3/c13-10-3-1-2-9(11(10)15)12(18-16)7-4-8(14)6-17-5-7/h1-6,12,18H,16H2. The van der Waals surface area contributed by atoms with Gasteiger partial charge in [-0.2, -0.15) is 0 Å². The van der Waals surface area contributed by atoms with E-state index in [0.717, 1.165) is 6.20 Å². The van der Waals surface area contributed by atoms with Gasteiger partial charge in [0.05, 0.1) is 17.3 Å². The summed E-state index contributed by atoms with van der Waals surface area (Å²) < 4.78 is 27.0. The third-order valence-electron chi connectivity index (χ3n) is 2.52. The molecule has 6 heteroatoms. The highest BCUT2D eigenvalue weighted by molar-refractivity contribution is 6.30. The van der Waals surface area contributed by atoms with Gasteiger partial charge in [-0.1, -0.05) is 23.7 Å². The van der Waals surface area contributed by atoms with Crippen molar-refractivity contribution in [1.82, 2.24) is 10.4 Å². The Balaban J connectivity index is 2.49. The van der Waals surface area contributed by atoms with Crippen LogP contribution in [0.25, 0.3) is 0 Å². The molecule has 18 heavy (non-hydrogen) atoms. The summed E-state index contributed by atoms with van der Waals surface area (Å²) in [7, 11) is 0. The fraction of sp³-hybridized carbons (Fsp3) is 0.0833. The number of hydrogen-bond donors (Lipinski definition) is 2. The van der Waals surface area contributed by atoms with Gasteiger partial charge in [-0.15, -0.1) is 0 Å². The Kier molecular flexibility index (Phi) is 3.86. The first-order chi connectivity index (χ1) is 8.63. The van der Waals surface area contributed by atoms with Gasteiger partial charge in [-0.25, -0.2) is 14.2 Å². The molecular weight excluding hydrogens is 260 g/mol. The molecule has 94 valence electrons. The molecule has 0 saturated carbocycles. The number of nitrogens with one attached hydrogen (secondary N) is 1. The second kappa shape index (κ2) is 5.39. The van der Waals surface area contributed by atoms with E-state index < -0.39 is 17.7 Å². The van der Waals surface area contributed by atoms with Crippen LogP contribution in [-0.4, -0.2) is 4.98 Å². The number of nitrogens with zero attached hydrogens (tertiary/aromatic N) is 1. The zero-order chi connectivity index (χ0) is 13.1. The van der Waals surface area contributed by atoms with E-state index in [1.807, 2.05) is 0 Å². The Morgan fingerprint density at radius 1 is 1.28 bits per heavy atom. The van der Waals surface area contributed by atoms with Crippen LogP contribution in [0.4, 0.5) is 8.78 Å². The van der Waals surface area contributed by atoms with Crippen LogP contribution < -0.4 is 11.3 Å². The molecule has 2 aromatic rings. The van der Waals surface area contributed by atoms with Crippen molar-refractivity contribution < 1.29 is 8.78 Å². The third-order valence-corrected chi connectivity index (χ3v) is 2.81. The molecule has 0 aliphatic rings. The number of aromatic nitrogens is 1. The summed E-state index contributed by atoms with van der Waals surface area (Å²) in [5.74, 6) is 4.29. The second-order valence-corrected chi connectivity index (χ2v) is 4.09. The van der Waals surface area contributed by atoms with E-state index in [1.165, 1.54) is 24.4 Å². The van der Waals surface area contributed by atoms with Gasteiger partial charge in [0.15, 0.2) is 0 Å². The number of halogens is 3. The molecule has 0 amide bonds. The lowest BCUT2D eigenvalue weighted by Crippen LogP contribution is -2.29. The topological polar surface area (TPSA) is 50.9 Å². The lowest BCUT2D eigenvalue weighted by molar-refractivity contribution is 0.553. The van der Waals surface area contributed by atoms with Crippen molar-refractivity contribution in [2.75, 3.05) is 0 Å². The van der Waals surface area contributed by atoms with Crippen LogP contribution >= 0.6 is 11.6 Å². The van der Waals surface area contributed by atoms with Crippen molar-refractivity contribution in [3.05, 3.63) is 64.4 Å². The number of hydrazine groups is 1. The van der Waals surface area contributed by atoms with Gasteiger partial charge in [-0.3, -0.25) is 10.8 Å². The van der Waals surface area contributed by atoms with Gasteiger partial charge >= 0.3 is 0 Å². The van der Waals surface area contributed by atoms with Crippen LogP contribution in [0, 0.1) is 11.6 Å². The van der Waals surface area contributed by atoms with E-state index in [2.05, 4.69) is 10.4 Å². The fourth-order valence-electron chi connectivity index (χ4n) is 1.70. The van der Waals surface area contributed by atoms with E-state index in [1.54, 1.807) is 6.07 Å². The van der Waals surface area contributed by atoms with Crippen molar-refractivity contribution in [2.24, 2.45) is 5.84 Å². The summed E-state index contributed by atoms with van der Waals surface area (Å²) in [4.78, 5) is 3.70. The van der Waals surface area contributed by atoms with E-state index in [9.17, 15) is 8.78 Å². The Labute approximate surface area is 108 Å². The van der Waals surface area contributed by atoms with Crippen LogP contribution in [0.15, 0.2) is 36.7 Å². The average molecular weight is 270 g/mol. The van der Waals surface area contributed by atoms with Gasteiger partial charge in [-0.05, 0) is 17.7 Å². The SMILES string of the molecule is NNC(c1cncc(F)c1)c1cccc(Cl)c1F. The largest absolute Gasteiger partial charge is 0.271 e. The molecule has 0 saturated heterocycles. The van der Waals surface area contributed by atoms with Crippen molar-refractivity contribution in [3.8, 4) is 0 Å². The summed E-state index contributed by atoms with van der Waals surface area (Å²) in [6.07, 6.45) is 2.47. The normalized spacial score (nSPS) is 12.4. The summed E-state index contributed by atoms with van der Waals surface area (Å²) in [5.41, 5.74) is 3.07. The molecule has 0 spiro atoms. The van der Waals surface area contributed by atoms with Gasteiger partial charge in [0.25, 0.3) is 0 Å². The summed E-state index contributed by atoms with van der Waals surface area (Å²) in [6, 6.07) is 5.07. The van der Waals surface area contributed by atoms with E-state index in [4.69, 9.17) is 17.4 Å². The number of benzene rings is 1. The highest BCUT2D eigenvalue weighted by Gasteiger charge is 2.18. The summed E-state index contributed by atoms with van der Waals surface area (Å²) >= 11 is 5.70. The molecule has 0 radical (unpaired) electrons. The highest BCUT2D eigenvalue weighted by atomic mass is 35.5. The van der Waals surface area contributed by atoms with Gasteiger partial charge < -0.3 is 0 Å². The van der Waals surface area contributed by atoms with E-state index in [0.29, 0.717) is 5.56 Å². The van der Waals surface area contributed by atoms with E-state index in [-0.39, 0.29) is 10.6 Å². The molecule has 1 aromatic carbocycles. The second-order valence-electron chi connectivity index (χ2n) is 3.68. The maximum absolute atomic E-state index is 13.9. The monoisotopic (exact) mass is 269 g/mol. The van der Waals surface area contributed by atoms with Crippen LogP contribution in [0.2, 0.25) is 5.02 Å². The quantitative estimate of drug-likeness (QED) is 0.665. The molecule has 1 unspecified atom stereocenters. The number of pyridine rings is 1. The first-order valence-electron chi connectivity index (χ1n) is 5.14. The van der Waals surface area contributed by atoms with Crippen LogP contribution in [0.5, 0.6) is 0 Å². The molecule has 3 nitrogen and oxygen atoms in total. The predicted molar refractivity (Wildman–Crippen MR) is 64.8 cm³/mol. The zero-order valence-corrected chi connectivity index (χ0v) is 9.96. The molecule has 1 aromatic heterocycles. The predicted octanol–water partition coefficient (Wildman–Crippen LogP) is 2.57. The van der Waals surface area contributed by atoms with Crippen molar-refractivity contribution >= 4 is 11.6 Å². The molecule has 3 N–H and O–H groups in total. The number of nitrogens with two attached hydrogens (primary N) is 1. The average Bonchev–Trinajstić information content (AvgIpc) is 2.35. The Hall–Kier alpha value is -1.56. The maximum atomic E-state index is 13.9. The highest BCUT2D eigenvalue weighted by Crippen LogP contribution is 2.27. The number of hydrogen-bond acceptors (Lipinski definition) is 3. The lowest BCUT2D eigenvalue weighted by atomic mass is 10.0. The Bertz CT molecular complexity index is 563. The first-order valence-corrected chi connectivity index (χ1v) is 5.51. The Morgan fingerprint density at radius 3 is 2.72 bits per heavy atom. The molecular formula is C12H10ClF2N3. The van der Waals surface area contributed by atoms with Gasteiger partial charge in [0, 0.05) is 11.8 Å². The molecule has 0 fully saturated rings. The minimum Gasteiger partial charge on any atom is -0.271 e.